The van der Waals surface area contributed by atoms with Gasteiger partial charge in [-0.3, -0.25) is 9.78 Å². The number of fused-ring (bicyclic) bond motifs is 1. The number of carbonyl (C=O) groups is 1. The summed E-state index contributed by atoms with van der Waals surface area (Å²) in [5.41, 5.74) is 0.147. The van der Waals surface area contributed by atoms with E-state index >= 15 is 0 Å². The van der Waals surface area contributed by atoms with Gasteiger partial charge in [-0.25, -0.2) is 0 Å². The van der Waals surface area contributed by atoms with Crippen LogP contribution in [0, 0.1) is 5.92 Å². The maximum Gasteiger partial charge on any atom is 0.507 e. The van der Waals surface area contributed by atoms with Crippen LogP contribution in [0.3, 0.4) is 0 Å². The first-order chi connectivity index (χ1) is 16.6. The number of carbonyl (C=O) groups excluding carboxylic acids is 1. The molecule has 1 N–H and O–H groups in total. The lowest BCUT2D eigenvalue weighted by molar-refractivity contribution is -0.391. The molecule has 2 aliphatic rings. The zero-order valence-electron chi connectivity index (χ0n) is 18.1. The van der Waals surface area contributed by atoms with E-state index in [0.29, 0.717) is 16.3 Å². The third-order valence-electron chi connectivity index (χ3n) is 6.01. The van der Waals surface area contributed by atoms with Crippen molar-refractivity contribution in [3.63, 3.8) is 0 Å². The molecule has 1 amide bonds. The monoisotopic (exact) mass is 506 g/mol. The number of pyridine rings is 1. The van der Waals surface area contributed by atoms with Gasteiger partial charge in [0, 0.05) is 18.5 Å². The van der Waals surface area contributed by atoms with Crippen LogP contribution in [0.4, 0.5) is 17.6 Å². The maximum atomic E-state index is 13.9. The maximum absolute atomic E-state index is 13.9. The Labute approximate surface area is 203 Å². The number of hydrogen-bond donors (Lipinski definition) is 1. The van der Waals surface area contributed by atoms with Crippen molar-refractivity contribution in [3.05, 3.63) is 88.7 Å². The van der Waals surface area contributed by atoms with Crippen molar-refractivity contribution < 1.29 is 31.8 Å². The van der Waals surface area contributed by atoms with Crippen LogP contribution in [-0.2, 0) is 16.8 Å². The lowest BCUT2D eigenvalue weighted by Gasteiger charge is -2.37. The van der Waals surface area contributed by atoms with Crippen LogP contribution in [0.1, 0.15) is 29.7 Å². The van der Waals surface area contributed by atoms with E-state index in [2.05, 4.69) is 19.8 Å². The molecule has 0 radical (unpaired) electrons. The standard InChI is InChI=1S/C25H19ClF4N2O3/c26-18-9-11-21(31-14-18)23(32-22(33)16-6-7-16,13-15-4-2-1-3-5-15)17-8-10-19-20(12-17)35-25(29,30)24(27,28)34-19/h1-5,8-12,14,16H,6-7,13H2,(H,32,33)/t23-/m0/s1. The average Bonchev–Trinajstić information content (AvgIpc) is 3.65. The first-order valence-electron chi connectivity index (χ1n) is 10.9. The van der Waals surface area contributed by atoms with Crippen molar-refractivity contribution in [2.45, 2.75) is 37.0 Å². The van der Waals surface area contributed by atoms with E-state index in [0.717, 1.165) is 24.5 Å². The molecule has 182 valence electrons. The molecule has 5 rings (SSSR count). The summed E-state index contributed by atoms with van der Waals surface area (Å²) in [4.78, 5) is 17.5. The first kappa shape index (κ1) is 23.4. The molecule has 2 aromatic carbocycles. The Bertz CT molecular complexity index is 1250. The molecule has 0 spiro atoms. The number of alkyl halides is 4. The fourth-order valence-corrected chi connectivity index (χ4v) is 4.15. The Kier molecular flexibility index (Phi) is 5.62. The number of halogens is 5. The summed E-state index contributed by atoms with van der Waals surface area (Å²) in [5, 5.41) is 3.42. The van der Waals surface area contributed by atoms with Gasteiger partial charge in [-0.2, -0.15) is 17.6 Å². The van der Waals surface area contributed by atoms with Crippen molar-refractivity contribution in [2.75, 3.05) is 0 Å². The summed E-state index contributed by atoms with van der Waals surface area (Å²) < 4.78 is 63.8. The Morgan fingerprint density at radius 2 is 1.69 bits per heavy atom. The topological polar surface area (TPSA) is 60.5 Å². The number of rotatable bonds is 6. The molecule has 0 bridgehead atoms. The van der Waals surface area contributed by atoms with Gasteiger partial charge in [-0.15, -0.1) is 0 Å². The molecule has 1 atom stereocenters. The molecule has 35 heavy (non-hydrogen) atoms. The van der Waals surface area contributed by atoms with E-state index in [-0.39, 0.29) is 18.2 Å². The van der Waals surface area contributed by atoms with Crippen LogP contribution in [0.15, 0.2) is 66.9 Å². The summed E-state index contributed by atoms with van der Waals surface area (Å²) in [6.07, 6.45) is -6.66. The van der Waals surface area contributed by atoms with Gasteiger partial charge < -0.3 is 14.8 Å². The van der Waals surface area contributed by atoms with E-state index in [1.165, 1.54) is 18.3 Å². The molecule has 1 saturated carbocycles. The van der Waals surface area contributed by atoms with E-state index in [1.807, 2.05) is 30.3 Å². The zero-order chi connectivity index (χ0) is 24.8. The largest absolute Gasteiger partial charge is 0.507 e. The molecular weight excluding hydrogens is 488 g/mol. The summed E-state index contributed by atoms with van der Waals surface area (Å²) in [6.45, 7) is 0. The van der Waals surface area contributed by atoms with Crippen molar-refractivity contribution in [1.82, 2.24) is 10.3 Å². The van der Waals surface area contributed by atoms with E-state index in [9.17, 15) is 22.4 Å². The minimum Gasteiger partial charge on any atom is -0.421 e. The predicted octanol–water partition coefficient (Wildman–Crippen LogP) is 5.70. The Morgan fingerprint density at radius 1 is 1.00 bits per heavy atom. The minimum absolute atomic E-state index is 0.183. The van der Waals surface area contributed by atoms with Gasteiger partial charge in [0.1, 0.15) is 5.54 Å². The quantitative estimate of drug-likeness (QED) is 0.435. The zero-order valence-corrected chi connectivity index (χ0v) is 18.9. The van der Waals surface area contributed by atoms with Gasteiger partial charge in [-0.05, 0) is 48.2 Å². The highest BCUT2D eigenvalue weighted by Gasteiger charge is 2.66. The number of nitrogens with one attached hydrogen (secondary N) is 1. The number of aromatic nitrogens is 1. The molecule has 0 saturated heterocycles. The average molecular weight is 507 g/mol. The van der Waals surface area contributed by atoms with Crippen LogP contribution in [0.5, 0.6) is 11.5 Å². The lowest BCUT2D eigenvalue weighted by Crippen LogP contribution is -2.52. The number of amides is 1. The third-order valence-corrected chi connectivity index (χ3v) is 6.24. The van der Waals surface area contributed by atoms with Gasteiger partial charge >= 0.3 is 12.2 Å². The van der Waals surface area contributed by atoms with Gasteiger partial charge in [0.25, 0.3) is 0 Å². The first-order valence-corrected chi connectivity index (χ1v) is 11.2. The van der Waals surface area contributed by atoms with Gasteiger partial charge in [0.15, 0.2) is 11.5 Å². The Morgan fingerprint density at radius 3 is 2.31 bits per heavy atom. The molecule has 1 aromatic heterocycles. The molecule has 2 heterocycles. The Balaban J connectivity index is 1.68. The second-order valence-electron chi connectivity index (χ2n) is 8.59. The predicted molar refractivity (Wildman–Crippen MR) is 119 cm³/mol. The summed E-state index contributed by atoms with van der Waals surface area (Å²) in [6, 6.07) is 16.1. The van der Waals surface area contributed by atoms with Gasteiger partial charge in [0.2, 0.25) is 5.91 Å². The molecule has 0 unspecified atom stereocenters. The highest BCUT2D eigenvalue weighted by Crippen LogP contribution is 2.48. The number of hydrogen-bond acceptors (Lipinski definition) is 4. The summed E-state index contributed by atoms with van der Waals surface area (Å²) in [7, 11) is 0. The molecule has 1 aliphatic carbocycles. The number of nitrogens with zero attached hydrogens (tertiary/aromatic N) is 1. The molecule has 1 aliphatic heterocycles. The fraction of sp³-hybridized carbons (Fsp3) is 0.280. The van der Waals surface area contributed by atoms with E-state index in [4.69, 9.17) is 11.6 Å². The van der Waals surface area contributed by atoms with Crippen LogP contribution in [0.25, 0.3) is 0 Å². The summed E-state index contributed by atoms with van der Waals surface area (Å²) in [5.74, 6) is -1.54. The molecule has 5 nitrogen and oxygen atoms in total. The molecule has 10 heteroatoms. The van der Waals surface area contributed by atoms with Gasteiger partial charge in [-0.1, -0.05) is 48.0 Å². The Hall–Kier alpha value is -3.33. The minimum atomic E-state index is -4.88. The lowest BCUT2D eigenvalue weighted by atomic mass is 9.80. The second-order valence-corrected chi connectivity index (χ2v) is 9.03. The number of benzene rings is 2. The SMILES string of the molecule is O=C(N[C@@](Cc1ccccc1)(c1ccc2c(c1)OC(F)(F)C(F)(F)O2)c1ccc(Cl)cn1)C1CC1. The van der Waals surface area contributed by atoms with Crippen molar-refractivity contribution >= 4 is 17.5 Å². The molecule has 3 aromatic rings. The van der Waals surface area contributed by atoms with Crippen molar-refractivity contribution in [2.24, 2.45) is 5.92 Å². The van der Waals surface area contributed by atoms with Crippen molar-refractivity contribution in [1.29, 1.82) is 0 Å². The normalized spacial score (nSPS) is 19.5. The van der Waals surface area contributed by atoms with Crippen LogP contribution in [0.2, 0.25) is 5.02 Å². The smallest absolute Gasteiger partial charge is 0.421 e. The third kappa shape index (κ3) is 4.40. The van der Waals surface area contributed by atoms with Crippen LogP contribution < -0.4 is 14.8 Å². The highest BCUT2D eigenvalue weighted by atomic mass is 35.5. The van der Waals surface area contributed by atoms with Crippen LogP contribution >= 0.6 is 11.6 Å². The highest BCUT2D eigenvalue weighted by molar-refractivity contribution is 6.30. The van der Waals surface area contributed by atoms with E-state index in [1.54, 1.807) is 12.1 Å². The van der Waals surface area contributed by atoms with E-state index < -0.39 is 29.3 Å². The fourth-order valence-electron chi connectivity index (χ4n) is 4.04. The second kappa shape index (κ2) is 8.41. The van der Waals surface area contributed by atoms with Gasteiger partial charge in [0.05, 0.1) is 10.7 Å². The summed E-state index contributed by atoms with van der Waals surface area (Å²) >= 11 is 6.05. The molecule has 1 fully saturated rings. The number of ether oxygens (including phenoxy) is 2. The van der Waals surface area contributed by atoms with Crippen LogP contribution in [-0.4, -0.2) is 23.1 Å². The molecular formula is C25H19ClF4N2O3. The van der Waals surface area contributed by atoms with Crippen molar-refractivity contribution in [3.8, 4) is 11.5 Å².